The van der Waals surface area contributed by atoms with Crippen LogP contribution in [0.25, 0.3) is 0 Å². The van der Waals surface area contributed by atoms with Crippen molar-refractivity contribution >= 4 is 23.7 Å². The molecule has 0 aliphatic carbocycles. The zero-order valence-corrected chi connectivity index (χ0v) is 14.6. The highest BCUT2D eigenvalue weighted by atomic mass is 16.5. The van der Waals surface area contributed by atoms with Gasteiger partial charge in [-0.05, 0) is 44.2 Å². The van der Waals surface area contributed by atoms with Gasteiger partial charge < -0.3 is 20.5 Å². The molecule has 7 nitrogen and oxygen atoms in total. The minimum Gasteiger partial charge on any atom is -0.506 e. The van der Waals surface area contributed by atoms with E-state index in [0.29, 0.717) is 35.8 Å². The second-order valence-electron chi connectivity index (χ2n) is 5.48. The molecule has 25 heavy (non-hydrogen) atoms. The number of hydrogen-bond donors (Lipinski definition) is 2. The lowest BCUT2D eigenvalue weighted by Crippen LogP contribution is -2.18. The number of hydrogen-bond acceptors (Lipinski definition) is 6. The van der Waals surface area contributed by atoms with Gasteiger partial charge in [-0.25, -0.2) is 9.79 Å². The van der Waals surface area contributed by atoms with Crippen molar-refractivity contribution in [3.05, 3.63) is 47.3 Å². The minimum atomic E-state index is -0.406. The van der Waals surface area contributed by atoms with Crippen LogP contribution in [0.1, 0.15) is 28.7 Å². The molecule has 0 aliphatic heterocycles. The Kier molecular flexibility index (Phi) is 5.94. The predicted octanol–water partition coefficient (Wildman–Crippen LogP) is 2.53. The Morgan fingerprint density at radius 1 is 1.40 bits per heavy atom. The van der Waals surface area contributed by atoms with Crippen molar-refractivity contribution in [2.45, 2.75) is 20.4 Å². The molecule has 1 aromatic heterocycles. The van der Waals surface area contributed by atoms with Gasteiger partial charge in [0.25, 0.3) is 0 Å². The Balaban J connectivity index is 2.38. The molecule has 7 heteroatoms. The number of carbonyl (C=O) groups excluding carboxylic acids is 1. The van der Waals surface area contributed by atoms with Crippen molar-refractivity contribution < 1.29 is 14.6 Å². The fraction of sp³-hybridized carbons (Fsp3) is 0.278. The minimum absolute atomic E-state index is 0.114. The molecule has 0 aliphatic rings. The second-order valence-corrected chi connectivity index (χ2v) is 5.48. The number of anilines is 1. The van der Waals surface area contributed by atoms with Crippen LogP contribution in [0.15, 0.2) is 35.3 Å². The first-order valence-corrected chi connectivity index (χ1v) is 7.88. The number of carbonyl (C=O) groups is 1. The zero-order valence-electron chi connectivity index (χ0n) is 14.6. The van der Waals surface area contributed by atoms with Crippen molar-refractivity contribution in [2.75, 3.05) is 18.6 Å². The number of aliphatic imine (C=N–C) groups is 1. The van der Waals surface area contributed by atoms with Gasteiger partial charge in [0.05, 0.1) is 36.4 Å². The SMILES string of the molecule is CCOC(=O)c1ccc(N=CN)c(N(C)Cc2nc(C)ccc2O)c1. The van der Waals surface area contributed by atoms with Gasteiger partial charge in [-0.1, -0.05) is 0 Å². The number of benzene rings is 1. The highest BCUT2D eigenvalue weighted by Gasteiger charge is 2.15. The summed E-state index contributed by atoms with van der Waals surface area (Å²) < 4.78 is 5.04. The standard InChI is InChI=1S/C18H22N4O3/c1-4-25-18(24)13-6-7-14(20-11-19)16(9-13)22(3)10-15-17(23)8-5-12(2)21-15/h5-9,11,23H,4,10H2,1-3H3,(H2,19,20). The van der Waals surface area contributed by atoms with Crippen LogP contribution in [-0.2, 0) is 11.3 Å². The van der Waals surface area contributed by atoms with Crippen LogP contribution in [0, 0.1) is 6.92 Å². The molecule has 1 heterocycles. The van der Waals surface area contributed by atoms with E-state index in [4.69, 9.17) is 10.5 Å². The van der Waals surface area contributed by atoms with E-state index < -0.39 is 5.97 Å². The number of ether oxygens (including phenoxy) is 1. The van der Waals surface area contributed by atoms with Gasteiger partial charge in [0.1, 0.15) is 11.4 Å². The Labute approximate surface area is 146 Å². The molecule has 0 unspecified atom stereocenters. The normalized spacial score (nSPS) is 10.8. The molecule has 0 bridgehead atoms. The van der Waals surface area contributed by atoms with Crippen molar-refractivity contribution in [2.24, 2.45) is 10.7 Å². The lowest BCUT2D eigenvalue weighted by Gasteiger charge is -2.22. The van der Waals surface area contributed by atoms with E-state index >= 15 is 0 Å². The Bertz CT molecular complexity index is 790. The lowest BCUT2D eigenvalue weighted by atomic mass is 10.1. The molecule has 0 saturated heterocycles. The summed E-state index contributed by atoms with van der Waals surface area (Å²) in [6, 6.07) is 8.38. The smallest absolute Gasteiger partial charge is 0.338 e. The molecule has 0 amide bonds. The number of nitrogens with two attached hydrogens (primary N) is 1. The van der Waals surface area contributed by atoms with Gasteiger partial charge >= 0.3 is 5.97 Å². The van der Waals surface area contributed by atoms with E-state index in [1.54, 1.807) is 37.3 Å². The van der Waals surface area contributed by atoms with E-state index in [9.17, 15) is 9.90 Å². The first-order valence-electron chi connectivity index (χ1n) is 7.88. The number of aromatic nitrogens is 1. The maximum atomic E-state index is 12.0. The summed E-state index contributed by atoms with van der Waals surface area (Å²) in [6.45, 7) is 4.25. The van der Waals surface area contributed by atoms with E-state index in [1.165, 1.54) is 6.34 Å². The number of pyridine rings is 1. The first-order chi connectivity index (χ1) is 12.0. The topological polar surface area (TPSA) is 101 Å². The van der Waals surface area contributed by atoms with Crippen LogP contribution >= 0.6 is 0 Å². The van der Waals surface area contributed by atoms with Gasteiger partial charge in [-0.2, -0.15) is 0 Å². The monoisotopic (exact) mass is 342 g/mol. The molecule has 0 spiro atoms. The van der Waals surface area contributed by atoms with E-state index in [1.807, 2.05) is 18.9 Å². The van der Waals surface area contributed by atoms with E-state index in [0.717, 1.165) is 5.69 Å². The average molecular weight is 342 g/mol. The highest BCUT2D eigenvalue weighted by Crippen LogP contribution is 2.31. The van der Waals surface area contributed by atoms with Crippen LogP contribution in [-0.4, -0.2) is 36.1 Å². The third-order valence-corrected chi connectivity index (χ3v) is 3.59. The number of nitrogens with zero attached hydrogens (tertiary/aromatic N) is 3. The van der Waals surface area contributed by atoms with Gasteiger partial charge in [0, 0.05) is 12.7 Å². The summed E-state index contributed by atoms with van der Waals surface area (Å²) in [5, 5.41) is 10.0. The summed E-state index contributed by atoms with van der Waals surface area (Å²) in [5.41, 5.74) is 8.45. The number of rotatable bonds is 6. The summed E-state index contributed by atoms with van der Waals surface area (Å²) >= 11 is 0. The predicted molar refractivity (Wildman–Crippen MR) is 97.5 cm³/mol. The van der Waals surface area contributed by atoms with Crippen LogP contribution in [0.4, 0.5) is 11.4 Å². The molecule has 0 saturated carbocycles. The molecular formula is C18H22N4O3. The van der Waals surface area contributed by atoms with Gasteiger partial charge in [-0.3, -0.25) is 4.98 Å². The number of aromatic hydroxyl groups is 1. The molecule has 2 rings (SSSR count). The molecule has 132 valence electrons. The molecule has 0 fully saturated rings. The van der Waals surface area contributed by atoms with Gasteiger partial charge in [0.2, 0.25) is 0 Å². The Morgan fingerprint density at radius 2 is 2.16 bits per heavy atom. The van der Waals surface area contributed by atoms with Crippen molar-refractivity contribution in [1.29, 1.82) is 0 Å². The largest absolute Gasteiger partial charge is 0.506 e. The van der Waals surface area contributed by atoms with Gasteiger partial charge in [0.15, 0.2) is 0 Å². The van der Waals surface area contributed by atoms with Crippen molar-refractivity contribution in [1.82, 2.24) is 4.98 Å². The summed E-state index contributed by atoms with van der Waals surface area (Å²) in [6.07, 6.45) is 1.19. The zero-order chi connectivity index (χ0) is 18.4. The maximum Gasteiger partial charge on any atom is 0.338 e. The number of esters is 1. The Morgan fingerprint density at radius 3 is 2.84 bits per heavy atom. The van der Waals surface area contributed by atoms with Crippen LogP contribution < -0.4 is 10.6 Å². The number of aryl methyl sites for hydroxylation is 1. The summed E-state index contributed by atoms with van der Waals surface area (Å²) in [5.74, 6) is -0.292. The Hall–Kier alpha value is -3.09. The summed E-state index contributed by atoms with van der Waals surface area (Å²) in [7, 11) is 1.82. The summed E-state index contributed by atoms with van der Waals surface area (Å²) in [4.78, 5) is 22.3. The molecule has 2 aromatic rings. The third kappa shape index (κ3) is 4.47. The fourth-order valence-electron chi connectivity index (χ4n) is 2.39. The van der Waals surface area contributed by atoms with Crippen molar-refractivity contribution in [3.8, 4) is 5.75 Å². The van der Waals surface area contributed by atoms with E-state index in [2.05, 4.69) is 9.98 Å². The van der Waals surface area contributed by atoms with Crippen LogP contribution in [0.5, 0.6) is 5.75 Å². The molecule has 0 radical (unpaired) electrons. The van der Waals surface area contributed by atoms with Crippen molar-refractivity contribution in [3.63, 3.8) is 0 Å². The quantitative estimate of drug-likeness (QED) is 0.475. The molecule has 0 atom stereocenters. The fourth-order valence-corrected chi connectivity index (χ4v) is 2.39. The second kappa shape index (κ2) is 8.14. The van der Waals surface area contributed by atoms with Crippen LogP contribution in [0.3, 0.4) is 0 Å². The van der Waals surface area contributed by atoms with Crippen LogP contribution in [0.2, 0.25) is 0 Å². The lowest BCUT2D eigenvalue weighted by molar-refractivity contribution is 0.0526. The molecule has 1 aromatic carbocycles. The molecular weight excluding hydrogens is 320 g/mol. The third-order valence-electron chi connectivity index (χ3n) is 3.59. The van der Waals surface area contributed by atoms with Gasteiger partial charge in [-0.15, -0.1) is 0 Å². The highest BCUT2D eigenvalue weighted by molar-refractivity contribution is 5.92. The molecule has 3 N–H and O–H groups in total. The maximum absolute atomic E-state index is 12.0. The first kappa shape index (κ1) is 18.3. The average Bonchev–Trinajstić information content (AvgIpc) is 2.59. The van der Waals surface area contributed by atoms with E-state index in [-0.39, 0.29) is 5.75 Å².